The van der Waals surface area contributed by atoms with Crippen molar-refractivity contribution in [1.29, 1.82) is 0 Å². The lowest BCUT2D eigenvalue weighted by Crippen LogP contribution is -2.75. The van der Waals surface area contributed by atoms with E-state index >= 15 is 0 Å². The maximum atomic E-state index is 13.2. The maximum Gasteiger partial charge on any atom is 0.460 e. The van der Waals surface area contributed by atoms with Crippen molar-refractivity contribution in [3.05, 3.63) is 0 Å². The Morgan fingerprint density at radius 2 is 0.613 bits per heavy atom. The Balaban J connectivity index is 6.94. The highest BCUT2D eigenvalue weighted by Crippen LogP contribution is 2.65. The van der Waals surface area contributed by atoms with Crippen molar-refractivity contribution in [2.45, 2.75) is 53.7 Å². The minimum Gasteiger partial charge on any atom is -0.211 e. The zero-order valence-corrected chi connectivity index (χ0v) is 13.0. The molecule has 0 radical (unpaired) electrons. The van der Waals surface area contributed by atoms with Gasteiger partial charge >= 0.3 is 53.7 Å². The molecule has 0 aliphatic rings. The number of aliphatic imine (C=N–C) groups is 1. The second kappa shape index (κ2) is 7.03. The summed E-state index contributed by atoms with van der Waals surface area (Å²) in [6, 6.07) is -7.18. The molecule has 0 saturated heterocycles. The lowest BCUT2D eigenvalue weighted by Gasteiger charge is -2.43. The van der Waals surface area contributed by atoms with E-state index in [9.17, 15) is 88.2 Å². The van der Waals surface area contributed by atoms with Gasteiger partial charge < -0.3 is 0 Å². The molecule has 0 bridgehead atoms. The Morgan fingerprint density at radius 3 is 0.839 bits per heavy atom. The van der Waals surface area contributed by atoms with Crippen LogP contribution < -0.4 is 0 Å². The molecule has 0 N–H and O–H groups in total. The first kappa shape index (κ1) is 29.0. The van der Waals surface area contributed by atoms with E-state index in [0.29, 0.717) is 4.99 Å². The van der Waals surface area contributed by atoms with Gasteiger partial charge in [-0.3, -0.25) is 0 Å². The van der Waals surface area contributed by atoms with Gasteiger partial charge in [0.25, 0.3) is 0 Å². The number of halogens is 19. The first-order chi connectivity index (χ1) is 13.1. The summed E-state index contributed by atoms with van der Waals surface area (Å²) in [6.07, 6.45) is -8.57. The van der Waals surface area contributed by atoms with Gasteiger partial charge in [0, 0.05) is 0 Å². The Hall–Kier alpha value is -1.95. The van der Waals surface area contributed by atoms with Crippen LogP contribution in [-0.4, -0.2) is 59.8 Å². The Labute approximate surface area is 154 Å². The van der Waals surface area contributed by atoms with Crippen molar-refractivity contribution in [3.8, 4) is 0 Å². The molecule has 31 heavy (non-hydrogen) atoms. The second-order valence-corrected chi connectivity index (χ2v) is 5.26. The third-order valence-electron chi connectivity index (χ3n) is 3.29. The minimum absolute atomic E-state index is 0.521. The standard InChI is InChI=1S/C10F19NO/c11-2(12,3(13,14)5(17,18)7(21,22)9(25,26)27)4(15,16)6(19,20)8(23,24)10(28,29)30-1-31. The van der Waals surface area contributed by atoms with Crippen molar-refractivity contribution in [2.24, 2.45) is 4.99 Å². The van der Waals surface area contributed by atoms with Crippen molar-refractivity contribution >= 4 is 6.08 Å². The average Bonchev–Trinajstić information content (AvgIpc) is 2.52. The largest absolute Gasteiger partial charge is 0.460 e. The summed E-state index contributed by atoms with van der Waals surface area (Å²) in [6.45, 7) is 0. The fourth-order valence-corrected chi connectivity index (χ4v) is 1.48. The van der Waals surface area contributed by atoms with Gasteiger partial charge in [0.15, 0.2) is 0 Å². The molecule has 0 spiro atoms. The molecule has 0 amide bonds. The van der Waals surface area contributed by atoms with Crippen molar-refractivity contribution in [1.82, 2.24) is 0 Å². The van der Waals surface area contributed by atoms with Crippen LogP contribution in [0.5, 0.6) is 0 Å². The van der Waals surface area contributed by atoms with E-state index in [1.54, 1.807) is 0 Å². The molecule has 0 aromatic rings. The van der Waals surface area contributed by atoms with Crippen molar-refractivity contribution in [3.63, 3.8) is 0 Å². The highest BCUT2D eigenvalue weighted by Gasteiger charge is 2.96. The third-order valence-corrected chi connectivity index (χ3v) is 3.29. The number of rotatable bonds is 8. The minimum atomic E-state index is -8.99. The van der Waals surface area contributed by atoms with Crippen LogP contribution in [0.1, 0.15) is 0 Å². The molecule has 0 fully saturated rings. The molecule has 0 aromatic carbocycles. The van der Waals surface area contributed by atoms with E-state index in [0.717, 1.165) is 0 Å². The van der Waals surface area contributed by atoms with Crippen LogP contribution in [0.25, 0.3) is 0 Å². The van der Waals surface area contributed by atoms with Gasteiger partial charge in [-0.15, -0.1) is 4.99 Å². The molecule has 21 heteroatoms. The number of carbonyl (C=O) groups excluding carboxylic acids is 1. The Kier molecular flexibility index (Phi) is 6.58. The van der Waals surface area contributed by atoms with Crippen LogP contribution in [0.3, 0.4) is 0 Å². The van der Waals surface area contributed by atoms with Crippen LogP contribution in [-0.2, 0) is 4.79 Å². The molecule has 0 aromatic heterocycles. The predicted molar refractivity (Wildman–Crippen MR) is 53.8 cm³/mol. The van der Waals surface area contributed by atoms with Crippen LogP contribution >= 0.6 is 0 Å². The highest BCUT2D eigenvalue weighted by molar-refractivity contribution is 5.34. The van der Waals surface area contributed by atoms with Gasteiger partial charge in [0.2, 0.25) is 6.08 Å². The SMILES string of the molecule is O=C=NC(F)(F)C(F)(F)C(F)(F)C(F)(F)C(F)(F)C(F)(F)C(F)(F)C(F)(F)C(F)(F)F. The van der Waals surface area contributed by atoms with Gasteiger partial charge in [0.05, 0.1) is 0 Å². The van der Waals surface area contributed by atoms with Crippen LogP contribution in [0.15, 0.2) is 4.99 Å². The van der Waals surface area contributed by atoms with E-state index in [1.165, 1.54) is 0 Å². The lowest BCUT2D eigenvalue weighted by molar-refractivity contribution is -0.468. The molecule has 0 atom stereocenters. The molecule has 0 rings (SSSR count). The fourth-order valence-electron chi connectivity index (χ4n) is 1.48. The number of alkyl halides is 19. The second-order valence-electron chi connectivity index (χ2n) is 5.26. The summed E-state index contributed by atoms with van der Waals surface area (Å²) < 4.78 is 242. The molecule has 0 aliphatic carbocycles. The normalized spacial score (nSPS) is 16.2. The number of nitrogens with zero attached hydrogens (tertiary/aromatic N) is 1. The zero-order valence-electron chi connectivity index (χ0n) is 13.0. The number of hydrogen-bond acceptors (Lipinski definition) is 2. The predicted octanol–water partition coefficient (Wildman–Crippen LogP) is 5.92. The monoisotopic (exact) mass is 511 g/mol. The first-order valence-electron chi connectivity index (χ1n) is 6.24. The molecule has 0 saturated carbocycles. The van der Waals surface area contributed by atoms with E-state index in [4.69, 9.17) is 0 Å². The zero-order chi connectivity index (χ0) is 25.9. The van der Waals surface area contributed by atoms with E-state index in [2.05, 4.69) is 0 Å². The van der Waals surface area contributed by atoms with Gasteiger partial charge in [-0.2, -0.15) is 83.4 Å². The van der Waals surface area contributed by atoms with Crippen molar-refractivity contribution < 1.29 is 88.2 Å². The van der Waals surface area contributed by atoms with Gasteiger partial charge in [-0.25, -0.2) is 4.79 Å². The molecule has 184 valence electrons. The summed E-state index contributed by atoms with van der Waals surface area (Å²) in [5, 5.41) is 0. The molecule has 0 unspecified atom stereocenters. The summed E-state index contributed by atoms with van der Waals surface area (Å²) in [5.41, 5.74) is 0. The lowest BCUT2D eigenvalue weighted by atomic mass is 9.88. The molecule has 0 heterocycles. The summed E-state index contributed by atoms with van der Waals surface area (Å²) >= 11 is 0. The smallest absolute Gasteiger partial charge is 0.211 e. The molecule has 2 nitrogen and oxygen atoms in total. The quantitative estimate of drug-likeness (QED) is 0.172. The van der Waals surface area contributed by atoms with Crippen LogP contribution in [0, 0.1) is 0 Å². The summed E-state index contributed by atoms with van der Waals surface area (Å²) in [4.78, 5) is 9.96. The highest BCUT2D eigenvalue weighted by atomic mass is 19.4. The van der Waals surface area contributed by atoms with Gasteiger partial charge in [-0.1, -0.05) is 0 Å². The topological polar surface area (TPSA) is 29.4 Å². The molecular formula is C10F19NO. The van der Waals surface area contributed by atoms with E-state index < -0.39 is 59.8 Å². The van der Waals surface area contributed by atoms with Gasteiger partial charge in [0.1, 0.15) is 0 Å². The van der Waals surface area contributed by atoms with E-state index in [1.807, 2.05) is 0 Å². The molecular weight excluding hydrogens is 511 g/mol. The summed E-state index contributed by atoms with van der Waals surface area (Å²) in [5.74, 6) is -60.7. The van der Waals surface area contributed by atoms with Crippen molar-refractivity contribution in [2.75, 3.05) is 0 Å². The van der Waals surface area contributed by atoms with Crippen LogP contribution in [0.2, 0.25) is 0 Å². The number of hydrogen-bond donors (Lipinski definition) is 0. The fraction of sp³-hybridized carbons (Fsp3) is 0.900. The Morgan fingerprint density at radius 1 is 0.387 bits per heavy atom. The number of isocyanates is 1. The van der Waals surface area contributed by atoms with E-state index in [-0.39, 0.29) is 0 Å². The first-order valence-corrected chi connectivity index (χ1v) is 6.24. The average molecular weight is 511 g/mol. The maximum absolute atomic E-state index is 13.2. The summed E-state index contributed by atoms with van der Waals surface area (Å²) in [7, 11) is 0. The third kappa shape index (κ3) is 3.47. The Bertz CT molecular complexity index is 726. The molecule has 0 aliphatic heterocycles. The van der Waals surface area contributed by atoms with Crippen LogP contribution in [0.4, 0.5) is 83.4 Å². The van der Waals surface area contributed by atoms with Gasteiger partial charge in [-0.05, 0) is 0 Å².